The lowest BCUT2D eigenvalue weighted by atomic mass is 10.2. The molecule has 1 heterocycles. The highest BCUT2D eigenvalue weighted by Gasteiger charge is 2.21. The smallest absolute Gasteiger partial charge is 0.263 e. The van der Waals surface area contributed by atoms with E-state index in [-0.39, 0.29) is 12.5 Å². The summed E-state index contributed by atoms with van der Waals surface area (Å²) in [7, 11) is 0. The molecule has 0 bridgehead atoms. The van der Waals surface area contributed by atoms with E-state index in [1.165, 1.54) is 11.8 Å². The van der Waals surface area contributed by atoms with Gasteiger partial charge in [0.25, 0.3) is 5.91 Å². The van der Waals surface area contributed by atoms with Crippen molar-refractivity contribution in [3.05, 3.63) is 34.7 Å². The minimum Gasteiger partial charge on any atom is -0.481 e. The van der Waals surface area contributed by atoms with Crippen LogP contribution < -0.4 is 10.1 Å². The number of benzene rings is 1. The van der Waals surface area contributed by atoms with Gasteiger partial charge in [-0.1, -0.05) is 42.0 Å². The van der Waals surface area contributed by atoms with Crippen molar-refractivity contribution in [1.82, 2.24) is 5.32 Å². The number of ether oxygens (including phenoxy) is 1. The van der Waals surface area contributed by atoms with E-state index in [1.54, 1.807) is 18.2 Å². The van der Waals surface area contributed by atoms with E-state index in [0.717, 1.165) is 5.56 Å². The van der Waals surface area contributed by atoms with Crippen molar-refractivity contribution in [2.75, 3.05) is 6.61 Å². The summed E-state index contributed by atoms with van der Waals surface area (Å²) in [6, 6.07) is 7.32. The lowest BCUT2D eigenvalue weighted by Crippen LogP contribution is -2.17. The second kappa shape index (κ2) is 5.71. The third-order valence-corrected chi connectivity index (χ3v) is 3.30. The summed E-state index contributed by atoms with van der Waals surface area (Å²) in [5.74, 6) is 2.94. The third kappa shape index (κ3) is 3.13. The van der Waals surface area contributed by atoms with Crippen molar-refractivity contribution in [3.63, 3.8) is 0 Å². The van der Waals surface area contributed by atoms with Crippen LogP contribution in [0.25, 0.3) is 6.08 Å². The lowest BCUT2D eigenvalue weighted by Gasteiger charge is -2.02. The SMILES string of the molecule is C#CCOc1ccc(C=C2SC(=S)NC2=O)cc1. The normalized spacial score (nSPS) is 16.5. The summed E-state index contributed by atoms with van der Waals surface area (Å²) >= 11 is 6.17. The van der Waals surface area contributed by atoms with Crippen molar-refractivity contribution in [2.45, 2.75) is 0 Å². The van der Waals surface area contributed by atoms with Gasteiger partial charge in [0.1, 0.15) is 16.7 Å². The minimum atomic E-state index is -0.155. The van der Waals surface area contributed by atoms with Gasteiger partial charge in [0.15, 0.2) is 0 Å². The Bertz CT molecular complexity index is 555. The van der Waals surface area contributed by atoms with Crippen LogP contribution in [0.2, 0.25) is 0 Å². The minimum absolute atomic E-state index is 0.155. The maximum absolute atomic E-state index is 11.5. The molecule has 1 amide bonds. The number of hydrogen-bond donors (Lipinski definition) is 1. The zero-order chi connectivity index (χ0) is 13.0. The number of terminal acetylenes is 1. The van der Waals surface area contributed by atoms with Crippen LogP contribution in [0.5, 0.6) is 5.75 Å². The Balaban J connectivity index is 2.11. The number of carbonyl (C=O) groups excluding carboxylic acids is 1. The summed E-state index contributed by atoms with van der Waals surface area (Å²) in [5.41, 5.74) is 0.908. The number of thiocarbonyl (C=S) groups is 1. The summed E-state index contributed by atoms with van der Waals surface area (Å²) in [6.07, 6.45) is 6.88. The first kappa shape index (κ1) is 12.7. The number of hydrogen-bond acceptors (Lipinski definition) is 4. The molecular weight excluding hydrogens is 266 g/mol. The molecule has 18 heavy (non-hydrogen) atoms. The highest BCUT2D eigenvalue weighted by molar-refractivity contribution is 8.26. The number of thioether (sulfide) groups is 1. The van der Waals surface area contributed by atoms with Crippen LogP contribution in [0.3, 0.4) is 0 Å². The van der Waals surface area contributed by atoms with Gasteiger partial charge in [-0.05, 0) is 23.8 Å². The molecule has 1 N–H and O–H groups in total. The summed E-state index contributed by atoms with van der Waals surface area (Å²) in [6.45, 7) is 0.243. The van der Waals surface area contributed by atoms with Crippen LogP contribution >= 0.6 is 24.0 Å². The maximum atomic E-state index is 11.5. The number of amides is 1. The molecule has 0 radical (unpaired) electrons. The molecule has 0 aromatic heterocycles. The Morgan fingerprint density at radius 2 is 2.17 bits per heavy atom. The molecule has 2 rings (SSSR count). The predicted octanol–water partition coefficient (Wildman–Crippen LogP) is 2.19. The third-order valence-electron chi connectivity index (χ3n) is 2.14. The standard InChI is InChI=1S/C13H9NO2S2/c1-2-7-16-10-5-3-9(4-6-10)8-11-12(15)14-13(17)18-11/h1,3-6,8H,7H2,(H,14,15,17). The molecule has 1 fully saturated rings. The van der Waals surface area contributed by atoms with Crippen LogP contribution in [0.15, 0.2) is 29.2 Å². The molecule has 5 heteroatoms. The molecule has 0 aliphatic carbocycles. The molecule has 0 atom stereocenters. The van der Waals surface area contributed by atoms with Gasteiger partial charge in [-0.2, -0.15) is 0 Å². The van der Waals surface area contributed by atoms with E-state index < -0.39 is 0 Å². The fourth-order valence-electron chi connectivity index (χ4n) is 1.36. The van der Waals surface area contributed by atoms with E-state index in [9.17, 15) is 4.79 Å². The molecule has 1 aromatic carbocycles. The van der Waals surface area contributed by atoms with Crippen molar-refractivity contribution < 1.29 is 9.53 Å². The highest BCUT2D eigenvalue weighted by atomic mass is 32.2. The largest absolute Gasteiger partial charge is 0.481 e. The van der Waals surface area contributed by atoms with Gasteiger partial charge in [0, 0.05) is 0 Å². The first-order valence-corrected chi connectivity index (χ1v) is 6.32. The van der Waals surface area contributed by atoms with Crippen LogP contribution in [-0.2, 0) is 4.79 Å². The Morgan fingerprint density at radius 3 is 2.72 bits per heavy atom. The molecule has 1 aliphatic heterocycles. The number of carbonyl (C=O) groups is 1. The fraction of sp³-hybridized carbons (Fsp3) is 0.0769. The topological polar surface area (TPSA) is 38.3 Å². The van der Waals surface area contributed by atoms with Crippen molar-refractivity contribution >= 4 is 40.3 Å². The summed E-state index contributed by atoms with van der Waals surface area (Å²) in [5, 5.41) is 2.57. The predicted molar refractivity (Wildman–Crippen MR) is 77.1 cm³/mol. The van der Waals surface area contributed by atoms with Gasteiger partial charge in [-0.3, -0.25) is 4.79 Å². The monoisotopic (exact) mass is 275 g/mol. The average molecular weight is 275 g/mol. The van der Waals surface area contributed by atoms with Gasteiger partial charge >= 0.3 is 0 Å². The van der Waals surface area contributed by atoms with Gasteiger partial charge < -0.3 is 10.1 Å². The summed E-state index contributed by atoms with van der Waals surface area (Å²) < 4.78 is 5.74. The Labute approximate surface area is 115 Å². The molecule has 0 unspecified atom stereocenters. The Hall–Kier alpha value is -1.77. The molecule has 90 valence electrons. The van der Waals surface area contributed by atoms with Gasteiger partial charge in [-0.25, -0.2) is 0 Å². The van der Waals surface area contributed by atoms with E-state index in [2.05, 4.69) is 11.2 Å². The molecule has 1 saturated heterocycles. The van der Waals surface area contributed by atoms with Gasteiger partial charge in [0.2, 0.25) is 0 Å². The number of rotatable bonds is 3. The molecule has 1 aliphatic rings. The lowest BCUT2D eigenvalue weighted by molar-refractivity contribution is -0.115. The maximum Gasteiger partial charge on any atom is 0.263 e. The van der Waals surface area contributed by atoms with E-state index >= 15 is 0 Å². The Morgan fingerprint density at radius 1 is 1.44 bits per heavy atom. The Kier molecular flexibility index (Phi) is 4.03. The second-order valence-electron chi connectivity index (χ2n) is 3.41. The van der Waals surface area contributed by atoms with Gasteiger partial charge in [-0.15, -0.1) is 6.42 Å². The van der Waals surface area contributed by atoms with Gasteiger partial charge in [0.05, 0.1) is 4.91 Å². The van der Waals surface area contributed by atoms with E-state index in [0.29, 0.717) is 15.0 Å². The van der Waals surface area contributed by atoms with Crippen molar-refractivity contribution in [3.8, 4) is 18.1 Å². The first-order valence-electron chi connectivity index (χ1n) is 5.10. The molecular formula is C13H9NO2S2. The molecule has 0 saturated carbocycles. The molecule has 0 spiro atoms. The van der Waals surface area contributed by atoms with Crippen molar-refractivity contribution in [2.24, 2.45) is 0 Å². The quantitative estimate of drug-likeness (QED) is 0.521. The van der Waals surface area contributed by atoms with Crippen LogP contribution in [0.4, 0.5) is 0 Å². The zero-order valence-corrected chi connectivity index (χ0v) is 10.9. The first-order chi connectivity index (χ1) is 8.69. The van der Waals surface area contributed by atoms with Crippen LogP contribution in [-0.4, -0.2) is 16.8 Å². The number of nitrogens with one attached hydrogen (secondary N) is 1. The van der Waals surface area contributed by atoms with E-state index in [4.69, 9.17) is 23.4 Å². The fourth-order valence-corrected chi connectivity index (χ4v) is 2.40. The average Bonchev–Trinajstić information content (AvgIpc) is 2.67. The summed E-state index contributed by atoms with van der Waals surface area (Å²) in [4.78, 5) is 12.1. The van der Waals surface area contributed by atoms with Crippen molar-refractivity contribution in [1.29, 1.82) is 0 Å². The van der Waals surface area contributed by atoms with Crippen LogP contribution in [0, 0.1) is 12.3 Å². The zero-order valence-electron chi connectivity index (χ0n) is 9.30. The highest BCUT2D eigenvalue weighted by Crippen LogP contribution is 2.26. The second-order valence-corrected chi connectivity index (χ2v) is 5.13. The van der Waals surface area contributed by atoms with Crippen LogP contribution in [0.1, 0.15) is 5.56 Å². The molecule has 3 nitrogen and oxygen atoms in total. The van der Waals surface area contributed by atoms with E-state index in [1.807, 2.05) is 12.1 Å². The molecule has 1 aromatic rings.